The van der Waals surface area contributed by atoms with Gasteiger partial charge in [-0.2, -0.15) is 4.80 Å². The topological polar surface area (TPSA) is 102 Å². The molecule has 1 atom stereocenters. The average molecular weight is 497 g/mol. The Kier molecular flexibility index (Phi) is 7.65. The van der Waals surface area contributed by atoms with Crippen LogP contribution in [0.15, 0.2) is 42.5 Å². The molecule has 0 radical (unpaired) electrons. The molecule has 0 saturated heterocycles. The lowest BCUT2D eigenvalue weighted by molar-refractivity contribution is -0.127. The summed E-state index contributed by atoms with van der Waals surface area (Å²) in [6, 6.07) is 11.9. The molecule has 184 valence electrons. The molecule has 1 aliphatic rings. The smallest absolute Gasteiger partial charge is 0.251 e. The predicted octanol–water partition coefficient (Wildman–Crippen LogP) is 3.79. The van der Waals surface area contributed by atoms with Crippen LogP contribution in [0.1, 0.15) is 38.2 Å². The monoisotopic (exact) mass is 496 g/mol. The molecular weight excluding hydrogens is 468 g/mol. The molecule has 1 aliphatic carbocycles. The number of aryl methyl sites for hydroxylation is 1. The van der Waals surface area contributed by atoms with E-state index in [-0.39, 0.29) is 24.4 Å². The molecule has 9 nitrogen and oxygen atoms in total. The quantitative estimate of drug-likeness (QED) is 0.509. The Morgan fingerprint density at radius 2 is 1.91 bits per heavy atom. The number of hydrogen-bond acceptors (Lipinski definition) is 6. The number of nitrogens with zero attached hydrogens (tertiary/aromatic N) is 5. The van der Waals surface area contributed by atoms with Gasteiger partial charge in [0, 0.05) is 16.6 Å². The van der Waals surface area contributed by atoms with Crippen LogP contribution in [-0.4, -0.2) is 51.2 Å². The average Bonchev–Trinajstić information content (AvgIpc) is 3.52. The summed E-state index contributed by atoms with van der Waals surface area (Å²) in [5.41, 5.74) is 2.19. The van der Waals surface area contributed by atoms with Crippen LogP contribution in [0.25, 0.3) is 11.4 Å². The number of nitrogens with one attached hydrogen (secondary N) is 1. The van der Waals surface area contributed by atoms with Gasteiger partial charge in [-0.05, 0) is 73.9 Å². The number of benzene rings is 2. The van der Waals surface area contributed by atoms with Crippen molar-refractivity contribution in [2.75, 3.05) is 12.0 Å². The molecule has 10 heteroatoms. The number of carbonyl (C=O) groups excluding carboxylic acids is 2. The van der Waals surface area contributed by atoms with E-state index in [2.05, 4.69) is 20.7 Å². The number of rotatable bonds is 8. The van der Waals surface area contributed by atoms with Gasteiger partial charge >= 0.3 is 0 Å². The van der Waals surface area contributed by atoms with E-state index < -0.39 is 6.04 Å². The third-order valence-electron chi connectivity index (χ3n) is 6.16. The molecule has 2 aromatic carbocycles. The Balaban J connectivity index is 1.60. The van der Waals surface area contributed by atoms with Gasteiger partial charge in [0.1, 0.15) is 18.3 Å². The first-order valence-corrected chi connectivity index (χ1v) is 12.0. The van der Waals surface area contributed by atoms with E-state index in [9.17, 15) is 9.59 Å². The highest BCUT2D eigenvalue weighted by molar-refractivity contribution is 6.30. The van der Waals surface area contributed by atoms with E-state index in [0.717, 1.165) is 36.8 Å². The lowest BCUT2D eigenvalue weighted by atomic mass is 10.1. The van der Waals surface area contributed by atoms with Crippen molar-refractivity contribution in [2.24, 2.45) is 0 Å². The van der Waals surface area contributed by atoms with Crippen molar-refractivity contribution in [1.82, 2.24) is 25.5 Å². The first-order valence-electron chi connectivity index (χ1n) is 11.7. The molecule has 3 aromatic rings. The van der Waals surface area contributed by atoms with Gasteiger partial charge in [0.2, 0.25) is 11.7 Å². The molecule has 35 heavy (non-hydrogen) atoms. The SMILES string of the molecule is COc1ccc(C)cc1N(C(=O)Cn1nnc(-c2ccc(Cl)cc2)n1)[C@H](C)C(=O)NC1CCCC1. The first kappa shape index (κ1) is 24.7. The lowest BCUT2D eigenvalue weighted by Gasteiger charge is -2.30. The molecule has 1 aromatic heterocycles. The van der Waals surface area contributed by atoms with E-state index in [1.54, 1.807) is 37.3 Å². The molecular formula is C25H29ClN6O3. The molecule has 2 amide bonds. The Hall–Kier alpha value is -3.46. The number of carbonyl (C=O) groups is 2. The standard InChI is InChI=1S/C25H29ClN6O3/c1-16-8-13-22(35-3)21(14-16)32(17(2)25(34)27-20-6-4-5-7-20)23(33)15-31-29-24(28-30-31)18-9-11-19(26)12-10-18/h8-14,17,20H,4-7,15H2,1-3H3,(H,27,34)/t17-/m1/s1. The Morgan fingerprint density at radius 3 is 2.60 bits per heavy atom. The van der Waals surface area contributed by atoms with Crippen LogP contribution in [0, 0.1) is 6.92 Å². The highest BCUT2D eigenvalue weighted by atomic mass is 35.5. The molecule has 1 saturated carbocycles. The third-order valence-corrected chi connectivity index (χ3v) is 6.41. The van der Waals surface area contributed by atoms with Gasteiger partial charge in [-0.3, -0.25) is 14.5 Å². The van der Waals surface area contributed by atoms with Crippen LogP contribution in [0.5, 0.6) is 5.75 Å². The maximum Gasteiger partial charge on any atom is 0.251 e. The zero-order valence-electron chi connectivity index (χ0n) is 20.1. The molecule has 1 N–H and O–H groups in total. The van der Waals surface area contributed by atoms with Gasteiger partial charge < -0.3 is 10.1 Å². The van der Waals surface area contributed by atoms with Gasteiger partial charge in [-0.25, -0.2) is 0 Å². The lowest BCUT2D eigenvalue weighted by Crippen LogP contribution is -2.51. The summed E-state index contributed by atoms with van der Waals surface area (Å²) < 4.78 is 5.53. The van der Waals surface area contributed by atoms with E-state index in [4.69, 9.17) is 16.3 Å². The van der Waals surface area contributed by atoms with Crippen LogP contribution in [0.3, 0.4) is 0 Å². The van der Waals surface area contributed by atoms with Crippen molar-refractivity contribution in [3.8, 4) is 17.1 Å². The number of hydrogen-bond donors (Lipinski definition) is 1. The zero-order chi connectivity index (χ0) is 24.9. The normalized spacial score (nSPS) is 14.5. The minimum Gasteiger partial charge on any atom is -0.495 e. The van der Waals surface area contributed by atoms with Gasteiger partial charge in [0.15, 0.2) is 0 Å². The molecule has 1 heterocycles. The maximum atomic E-state index is 13.6. The minimum absolute atomic E-state index is 0.139. The summed E-state index contributed by atoms with van der Waals surface area (Å²) in [6.45, 7) is 3.45. The number of tetrazole rings is 1. The molecule has 1 fully saturated rings. The van der Waals surface area contributed by atoms with Gasteiger partial charge in [0.05, 0.1) is 12.8 Å². The number of anilines is 1. The highest BCUT2D eigenvalue weighted by Crippen LogP contribution is 2.31. The molecule has 0 unspecified atom stereocenters. The summed E-state index contributed by atoms with van der Waals surface area (Å²) in [4.78, 5) is 29.5. The third kappa shape index (κ3) is 5.79. The Labute approximate surface area is 209 Å². The van der Waals surface area contributed by atoms with Crippen LogP contribution in [-0.2, 0) is 16.1 Å². The number of ether oxygens (including phenoxy) is 1. The summed E-state index contributed by atoms with van der Waals surface area (Å²) in [5, 5.41) is 16.1. The number of amides is 2. The number of halogens is 1. The van der Waals surface area contributed by atoms with E-state index in [1.807, 2.05) is 19.1 Å². The minimum atomic E-state index is -0.766. The van der Waals surface area contributed by atoms with Crippen molar-refractivity contribution in [1.29, 1.82) is 0 Å². The van der Waals surface area contributed by atoms with Crippen LogP contribution in [0.4, 0.5) is 5.69 Å². The number of aromatic nitrogens is 4. The second kappa shape index (κ2) is 10.9. The highest BCUT2D eigenvalue weighted by Gasteiger charge is 2.32. The van der Waals surface area contributed by atoms with Gasteiger partial charge in [-0.1, -0.05) is 30.5 Å². The second-order valence-electron chi connectivity index (χ2n) is 8.76. The second-order valence-corrected chi connectivity index (χ2v) is 9.19. The maximum absolute atomic E-state index is 13.6. The molecule has 0 spiro atoms. The van der Waals surface area contributed by atoms with E-state index in [0.29, 0.717) is 22.3 Å². The van der Waals surface area contributed by atoms with Crippen molar-refractivity contribution < 1.29 is 14.3 Å². The Bertz CT molecular complexity index is 1190. The Morgan fingerprint density at radius 1 is 1.20 bits per heavy atom. The summed E-state index contributed by atoms with van der Waals surface area (Å²) >= 11 is 5.96. The van der Waals surface area contributed by atoms with Crippen LogP contribution in [0.2, 0.25) is 5.02 Å². The van der Waals surface area contributed by atoms with E-state index in [1.165, 1.54) is 16.8 Å². The number of methoxy groups -OCH3 is 1. The van der Waals surface area contributed by atoms with Gasteiger partial charge in [-0.15, -0.1) is 10.2 Å². The van der Waals surface area contributed by atoms with Crippen molar-refractivity contribution >= 4 is 29.1 Å². The van der Waals surface area contributed by atoms with Gasteiger partial charge in [0.25, 0.3) is 5.91 Å². The summed E-state index contributed by atoms with van der Waals surface area (Å²) in [6.07, 6.45) is 4.11. The largest absolute Gasteiger partial charge is 0.495 e. The zero-order valence-corrected chi connectivity index (χ0v) is 20.8. The molecule has 0 aliphatic heterocycles. The molecule has 4 rings (SSSR count). The van der Waals surface area contributed by atoms with Crippen molar-refractivity contribution in [2.45, 2.75) is 58.2 Å². The fourth-order valence-corrected chi connectivity index (χ4v) is 4.40. The first-order chi connectivity index (χ1) is 16.9. The summed E-state index contributed by atoms with van der Waals surface area (Å²) in [5.74, 6) is 0.310. The fraction of sp³-hybridized carbons (Fsp3) is 0.400. The fourth-order valence-electron chi connectivity index (χ4n) is 4.28. The van der Waals surface area contributed by atoms with Crippen LogP contribution >= 0.6 is 11.6 Å². The summed E-state index contributed by atoms with van der Waals surface area (Å²) in [7, 11) is 1.54. The van der Waals surface area contributed by atoms with Crippen molar-refractivity contribution in [3.63, 3.8) is 0 Å². The van der Waals surface area contributed by atoms with E-state index >= 15 is 0 Å². The predicted molar refractivity (Wildman–Crippen MR) is 133 cm³/mol. The molecule has 0 bridgehead atoms. The van der Waals surface area contributed by atoms with Crippen molar-refractivity contribution in [3.05, 3.63) is 53.1 Å². The van der Waals surface area contributed by atoms with Crippen LogP contribution < -0.4 is 15.0 Å².